The predicted octanol–water partition coefficient (Wildman–Crippen LogP) is 1.97. The van der Waals surface area contributed by atoms with Crippen LogP contribution in [0.5, 0.6) is 5.75 Å². The zero-order valence-electron chi connectivity index (χ0n) is 12.8. The average Bonchev–Trinajstić information content (AvgIpc) is 2.60. The first-order valence-electron chi connectivity index (χ1n) is 6.99. The summed E-state index contributed by atoms with van der Waals surface area (Å²) in [5.41, 5.74) is 0.547. The summed E-state index contributed by atoms with van der Waals surface area (Å²) in [5, 5.41) is 15.8. The maximum absolute atomic E-state index is 12.0. The maximum Gasteiger partial charge on any atom is 0.273 e. The van der Waals surface area contributed by atoms with Crippen molar-refractivity contribution in [2.45, 2.75) is 0 Å². The first-order valence-corrected chi connectivity index (χ1v) is 6.99. The summed E-state index contributed by atoms with van der Waals surface area (Å²) >= 11 is 0. The molecule has 0 heterocycles. The fourth-order valence-corrected chi connectivity index (χ4v) is 1.95. The highest BCUT2D eigenvalue weighted by molar-refractivity contribution is 6.03. The van der Waals surface area contributed by atoms with Gasteiger partial charge in [0.25, 0.3) is 17.5 Å². The number of carbonyl (C=O) groups excluding carboxylic acids is 2. The van der Waals surface area contributed by atoms with E-state index in [1.807, 2.05) is 0 Å². The molecule has 0 radical (unpaired) electrons. The van der Waals surface area contributed by atoms with Crippen molar-refractivity contribution < 1.29 is 19.2 Å². The number of non-ortho nitro benzene ring substituents is 1. The van der Waals surface area contributed by atoms with Crippen molar-refractivity contribution in [1.29, 1.82) is 0 Å². The molecule has 0 aliphatic heterocycles. The minimum absolute atomic E-state index is 0.127. The third kappa shape index (κ3) is 4.29. The molecule has 8 nitrogen and oxygen atoms in total. The number of benzene rings is 2. The maximum atomic E-state index is 12.0. The van der Waals surface area contributed by atoms with Crippen LogP contribution in [0.2, 0.25) is 0 Å². The summed E-state index contributed by atoms with van der Waals surface area (Å²) < 4.78 is 5.24. The summed E-state index contributed by atoms with van der Waals surface area (Å²) in [4.78, 5) is 33.9. The van der Waals surface area contributed by atoms with Crippen LogP contribution in [-0.2, 0) is 4.79 Å². The Morgan fingerprint density at radius 2 is 1.92 bits per heavy atom. The van der Waals surface area contributed by atoms with E-state index < -0.39 is 10.8 Å². The van der Waals surface area contributed by atoms with Crippen molar-refractivity contribution in [3.8, 4) is 5.75 Å². The standard InChI is InChI=1S/C16H15N3O5/c1-17-16(21)13-7-2-3-8-14(13)18-15(20)10-24-12-6-4-5-11(9-12)19(22)23/h2-9H,10H2,1H3,(H,17,21)(H,18,20). The van der Waals surface area contributed by atoms with Gasteiger partial charge >= 0.3 is 0 Å². The third-order valence-electron chi connectivity index (χ3n) is 3.07. The van der Waals surface area contributed by atoms with Crippen LogP contribution in [0.15, 0.2) is 48.5 Å². The number of hydrogen-bond donors (Lipinski definition) is 2. The van der Waals surface area contributed by atoms with Crippen molar-refractivity contribution in [3.63, 3.8) is 0 Å². The lowest BCUT2D eigenvalue weighted by Crippen LogP contribution is -2.24. The molecule has 0 atom stereocenters. The van der Waals surface area contributed by atoms with E-state index in [1.54, 1.807) is 24.3 Å². The SMILES string of the molecule is CNC(=O)c1ccccc1NC(=O)COc1cccc([N+](=O)[O-])c1. The highest BCUT2D eigenvalue weighted by atomic mass is 16.6. The lowest BCUT2D eigenvalue weighted by Gasteiger charge is -2.10. The van der Waals surface area contributed by atoms with Gasteiger partial charge in [-0.15, -0.1) is 0 Å². The molecule has 0 aliphatic carbocycles. The number of ether oxygens (including phenoxy) is 1. The lowest BCUT2D eigenvalue weighted by atomic mass is 10.1. The van der Waals surface area contributed by atoms with E-state index in [0.717, 1.165) is 0 Å². The van der Waals surface area contributed by atoms with Gasteiger partial charge in [-0.05, 0) is 18.2 Å². The fourth-order valence-electron chi connectivity index (χ4n) is 1.95. The molecule has 0 unspecified atom stereocenters. The molecule has 24 heavy (non-hydrogen) atoms. The molecule has 2 aromatic rings. The van der Waals surface area contributed by atoms with E-state index in [1.165, 1.54) is 31.3 Å². The van der Waals surface area contributed by atoms with Gasteiger partial charge in [-0.25, -0.2) is 0 Å². The topological polar surface area (TPSA) is 111 Å². The molecule has 0 bridgehead atoms. The Morgan fingerprint density at radius 3 is 2.62 bits per heavy atom. The minimum Gasteiger partial charge on any atom is -0.484 e. The van der Waals surface area contributed by atoms with Crippen molar-refractivity contribution in [1.82, 2.24) is 5.32 Å². The monoisotopic (exact) mass is 329 g/mol. The van der Waals surface area contributed by atoms with Gasteiger partial charge < -0.3 is 15.4 Å². The van der Waals surface area contributed by atoms with Crippen LogP contribution in [0, 0.1) is 10.1 Å². The second-order valence-electron chi connectivity index (χ2n) is 4.72. The number of nitro groups is 1. The Hall–Kier alpha value is -3.42. The highest BCUT2D eigenvalue weighted by Crippen LogP contribution is 2.19. The van der Waals surface area contributed by atoms with E-state index in [-0.39, 0.29) is 24.0 Å². The zero-order chi connectivity index (χ0) is 17.5. The number of rotatable bonds is 6. The van der Waals surface area contributed by atoms with Crippen LogP contribution in [-0.4, -0.2) is 30.4 Å². The first-order chi connectivity index (χ1) is 11.5. The Kier molecular flexibility index (Phi) is 5.45. The van der Waals surface area contributed by atoms with Gasteiger partial charge in [-0.1, -0.05) is 18.2 Å². The smallest absolute Gasteiger partial charge is 0.273 e. The third-order valence-corrected chi connectivity index (χ3v) is 3.07. The van der Waals surface area contributed by atoms with Crippen molar-refractivity contribution in [2.24, 2.45) is 0 Å². The quantitative estimate of drug-likeness (QED) is 0.622. The summed E-state index contributed by atoms with van der Waals surface area (Å²) in [6.45, 7) is -0.344. The Morgan fingerprint density at radius 1 is 1.17 bits per heavy atom. The molecular formula is C16H15N3O5. The molecule has 124 valence electrons. The molecule has 2 amide bonds. The molecule has 0 saturated heterocycles. The highest BCUT2D eigenvalue weighted by Gasteiger charge is 2.13. The normalized spacial score (nSPS) is 9.88. The molecule has 0 saturated carbocycles. The Labute approximate surface area is 137 Å². The molecule has 0 aromatic heterocycles. The predicted molar refractivity (Wildman–Crippen MR) is 87.1 cm³/mol. The van der Waals surface area contributed by atoms with E-state index in [4.69, 9.17) is 4.74 Å². The number of carbonyl (C=O) groups is 2. The van der Waals surface area contributed by atoms with Crippen LogP contribution in [0.1, 0.15) is 10.4 Å². The minimum atomic E-state index is -0.549. The summed E-state index contributed by atoms with van der Waals surface area (Å²) in [6.07, 6.45) is 0. The van der Waals surface area contributed by atoms with E-state index in [9.17, 15) is 19.7 Å². The van der Waals surface area contributed by atoms with Crippen LogP contribution in [0.25, 0.3) is 0 Å². The number of amides is 2. The van der Waals surface area contributed by atoms with Crippen LogP contribution >= 0.6 is 0 Å². The largest absolute Gasteiger partial charge is 0.484 e. The molecule has 0 aliphatic rings. The number of anilines is 1. The molecule has 0 spiro atoms. The van der Waals surface area contributed by atoms with Gasteiger partial charge in [0.15, 0.2) is 6.61 Å². The van der Waals surface area contributed by atoms with E-state index >= 15 is 0 Å². The fraction of sp³-hybridized carbons (Fsp3) is 0.125. The van der Waals surface area contributed by atoms with Crippen molar-refractivity contribution >= 4 is 23.2 Å². The Bertz CT molecular complexity index is 776. The molecule has 2 aromatic carbocycles. The molecule has 0 fully saturated rings. The summed E-state index contributed by atoms with van der Waals surface area (Å²) in [5.74, 6) is -0.609. The Balaban J connectivity index is 2.01. The van der Waals surface area contributed by atoms with Crippen molar-refractivity contribution in [2.75, 3.05) is 19.0 Å². The second kappa shape index (κ2) is 7.73. The van der Waals surface area contributed by atoms with Gasteiger partial charge in [0.05, 0.1) is 22.2 Å². The summed E-state index contributed by atoms with van der Waals surface area (Å²) in [7, 11) is 1.49. The second-order valence-corrected chi connectivity index (χ2v) is 4.72. The molecule has 2 N–H and O–H groups in total. The van der Waals surface area contributed by atoms with Crippen LogP contribution in [0.4, 0.5) is 11.4 Å². The van der Waals surface area contributed by atoms with Crippen molar-refractivity contribution in [3.05, 3.63) is 64.2 Å². The van der Waals surface area contributed by atoms with Crippen LogP contribution in [0.3, 0.4) is 0 Å². The zero-order valence-corrected chi connectivity index (χ0v) is 12.8. The molecule has 8 heteroatoms. The van der Waals surface area contributed by atoms with Crippen LogP contribution < -0.4 is 15.4 Å². The number of nitro benzene ring substituents is 1. The number of hydrogen-bond acceptors (Lipinski definition) is 5. The number of para-hydroxylation sites is 1. The number of nitrogens with zero attached hydrogens (tertiary/aromatic N) is 1. The van der Waals surface area contributed by atoms with Gasteiger partial charge in [0.1, 0.15) is 5.75 Å². The molecule has 2 rings (SSSR count). The van der Waals surface area contributed by atoms with E-state index in [0.29, 0.717) is 11.3 Å². The van der Waals surface area contributed by atoms with Gasteiger partial charge in [0, 0.05) is 13.1 Å². The van der Waals surface area contributed by atoms with Gasteiger partial charge in [-0.2, -0.15) is 0 Å². The molecular weight excluding hydrogens is 314 g/mol. The first kappa shape index (κ1) is 16.9. The van der Waals surface area contributed by atoms with Gasteiger partial charge in [0.2, 0.25) is 0 Å². The average molecular weight is 329 g/mol. The number of nitrogens with one attached hydrogen (secondary N) is 2. The lowest BCUT2D eigenvalue weighted by molar-refractivity contribution is -0.384. The summed E-state index contributed by atoms with van der Waals surface area (Å²) in [6, 6.07) is 12.1. The van der Waals surface area contributed by atoms with E-state index in [2.05, 4.69) is 10.6 Å². The van der Waals surface area contributed by atoms with Gasteiger partial charge in [-0.3, -0.25) is 19.7 Å².